The van der Waals surface area contributed by atoms with Crippen LogP contribution in [0.3, 0.4) is 0 Å². The minimum atomic E-state index is -1.35. The first-order valence-corrected chi connectivity index (χ1v) is 13.3. The number of carboxylic acids is 1. The molecule has 0 saturated heterocycles. The molecule has 0 saturated carbocycles. The lowest BCUT2D eigenvalue weighted by atomic mass is 9.80. The average molecular weight is 530 g/mol. The summed E-state index contributed by atoms with van der Waals surface area (Å²) in [5.74, 6) is -2.56. The second kappa shape index (κ2) is 14.4. The number of cyclic esters (lactones) is 1. The molecule has 1 unspecified atom stereocenters. The third-order valence-corrected chi connectivity index (χ3v) is 7.21. The van der Waals surface area contributed by atoms with Crippen molar-refractivity contribution in [2.45, 2.75) is 89.9 Å². The summed E-state index contributed by atoms with van der Waals surface area (Å²) < 4.78 is 5.77. The highest BCUT2D eigenvalue weighted by atomic mass is 16.5. The molecule has 8 heteroatoms. The molecule has 0 aliphatic carbocycles. The second-order valence-corrected chi connectivity index (χ2v) is 10.8. The monoisotopic (exact) mass is 529 g/mol. The molecule has 0 radical (unpaired) electrons. The Hall–Kier alpha value is -2.81. The Labute approximate surface area is 225 Å². The summed E-state index contributed by atoms with van der Waals surface area (Å²) in [6.45, 7) is 9.25. The fourth-order valence-electron chi connectivity index (χ4n) is 4.49. The average Bonchev–Trinajstić information content (AvgIpc) is 2.86. The van der Waals surface area contributed by atoms with E-state index in [1.54, 1.807) is 19.1 Å². The number of carbonyl (C=O) groups is 2. The van der Waals surface area contributed by atoms with Crippen molar-refractivity contribution in [3.63, 3.8) is 0 Å². The molecule has 0 aromatic carbocycles. The maximum Gasteiger partial charge on any atom is 0.309 e. The van der Waals surface area contributed by atoms with Gasteiger partial charge in [0.2, 0.25) is 0 Å². The molecule has 1 aromatic rings. The van der Waals surface area contributed by atoms with E-state index in [0.29, 0.717) is 0 Å². The number of pyridine rings is 1. The summed E-state index contributed by atoms with van der Waals surface area (Å²) in [5, 5.41) is 40.1. The number of rotatable bonds is 8. The van der Waals surface area contributed by atoms with Crippen molar-refractivity contribution in [3.05, 3.63) is 65.5 Å². The Balaban J connectivity index is 2.29. The zero-order chi connectivity index (χ0) is 28.5. The zero-order valence-electron chi connectivity index (χ0n) is 23.1. The Bertz CT molecular complexity index is 1030. The Morgan fingerprint density at radius 2 is 1.95 bits per heavy atom. The van der Waals surface area contributed by atoms with Gasteiger partial charge in [-0.2, -0.15) is 0 Å². The van der Waals surface area contributed by atoms with Crippen LogP contribution in [0.1, 0.15) is 83.5 Å². The van der Waals surface area contributed by atoms with Gasteiger partial charge in [-0.05, 0) is 44.4 Å². The zero-order valence-corrected chi connectivity index (χ0v) is 23.1. The number of ether oxygens (including phenoxy) is 1. The van der Waals surface area contributed by atoms with E-state index in [1.165, 1.54) is 0 Å². The predicted octanol–water partition coefficient (Wildman–Crippen LogP) is 4.27. The molecule has 1 aliphatic heterocycles. The fraction of sp³-hybridized carbons (Fsp3) is 0.567. The Kier molecular flexibility index (Phi) is 11.9. The van der Waals surface area contributed by atoms with Crippen molar-refractivity contribution in [2.24, 2.45) is 11.8 Å². The van der Waals surface area contributed by atoms with Crippen molar-refractivity contribution in [1.82, 2.24) is 4.98 Å². The van der Waals surface area contributed by atoms with Gasteiger partial charge in [0.1, 0.15) is 6.10 Å². The van der Waals surface area contributed by atoms with E-state index in [0.717, 1.165) is 17.0 Å². The summed E-state index contributed by atoms with van der Waals surface area (Å²) >= 11 is 0. The van der Waals surface area contributed by atoms with E-state index in [2.05, 4.69) is 4.98 Å². The Morgan fingerprint density at radius 1 is 1.26 bits per heavy atom. The van der Waals surface area contributed by atoms with Crippen LogP contribution in [0.15, 0.2) is 54.2 Å². The van der Waals surface area contributed by atoms with E-state index < -0.39 is 35.7 Å². The lowest BCUT2D eigenvalue weighted by Crippen LogP contribution is -2.37. The van der Waals surface area contributed by atoms with Gasteiger partial charge in [0.25, 0.3) is 0 Å². The van der Waals surface area contributed by atoms with Gasteiger partial charge in [-0.25, -0.2) is 0 Å². The highest BCUT2D eigenvalue weighted by molar-refractivity contribution is 5.70. The molecule has 7 atom stereocenters. The molecule has 1 aromatic heterocycles. The van der Waals surface area contributed by atoms with Gasteiger partial charge in [-0.3, -0.25) is 14.6 Å². The molecule has 0 fully saturated rings. The van der Waals surface area contributed by atoms with Crippen LogP contribution in [-0.4, -0.2) is 61.8 Å². The molecule has 0 amide bonds. The summed E-state index contributed by atoms with van der Waals surface area (Å²) in [7, 11) is 0. The van der Waals surface area contributed by atoms with Gasteiger partial charge in [-0.1, -0.05) is 57.2 Å². The number of hydrogen-bond acceptors (Lipinski definition) is 7. The molecule has 2 heterocycles. The molecular formula is C30H43NO7. The van der Waals surface area contributed by atoms with E-state index in [1.807, 2.05) is 64.1 Å². The smallest absolute Gasteiger partial charge is 0.309 e. The lowest BCUT2D eigenvalue weighted by Gasteiger charge is -2.32. The number of aliphatic hydroxyl groups excluding tert-OH is 2. The standard InChI is InChI=1S/C30H43NO7/c1-19(25-10-7-11-26(31-25)22(4)18-32)8-6-9-20(2)29-21(3)12-13-23(16-27(34)35)30(5,37)15-14-24(33)17-28(36)38-29/h6-13,19,21-24,29,32-33,37H,14-18H2,1-5H3,(H,34,35)/b8-6+,13-12+,20-9+/t19?,21-,22+,23+,24+,29+,30+/m0/s1. The molecule has 4 N–H and O–H groups in total. The highest BCUT2D eigenvalue weighted by Crippen LogP contribution is 2.30. The van der Waals surface area contributed by atoms with Crippen molar-refractivity contribution in [1.29, 1.82) is 0 Å². The molecule has 1 aliphatic rings. The molecule has 210 valence electrons. The summed E-state index contributed by atoms with van der Waals surface area (Å²) in [4.78, 5) is 28.7. The van der Waals surface area contributed by atoms with Crippen LogP contribution in [0.2, 0.25) is 0 Å². The SMILES string of the molecule is C/C(=C\C=C\C(C)c1cccc([C@H](C)CO)n1)[C@H]1OC(=O)C[C@H](O)CC[C@@](C)(O)[C@@H](CC(=O)O)/C=C/[C@@H]1C. The van der Waals surface area contributed by atoms with Crippen LogP contribution in [-0.2, 0) is 14.3 Å². The van der Waals surface area contributed by atoms with Gasteiger partial charge in [-0.15, -0.1) is 0 Å². The molecule has 2 rings (SSSR count). The predicted molar refractivity (Wildman–Crippen MR) is 145 cm³/mol. The van der Waals surface area contributed by atoms with Gasteiger partial charge in [0.05, 0.1) is 31.2 Å². The molecule has 8 nitrogen and oxygen atoms in total. The third kappa shape index (κ3) is 9.49. The first kappa shape index (κ1) is 31.4. The number of nitrogens with zero attached hydrogens (tertiary/aromatic N) is 1. The number of aliphatic hydroxyl groups is 3. The van der Waals surface area contributed by atoms with Crippen molar-refractivity contribution >= 4 is 11.9 Å². The van der Waals surface area contributed by atoms with Crippen LogP contribution in [0.4, 0.5) is 0 Å². The minimum Gasteiger partial charge on any atom is -0.481 e. The number of aliphatic carboxylic acids is 1. The van der Waals surface area contributed by atoms with E-state index in [4.69, 9.17) is 4.74 Å². The van der Waals surface area contributed by atoms with Crippen LogP contribution in [0.25, 0.3) is 0 Å². The largest absolute Gasteiger partial charge is 0.481 e. The van der Waals surface area contributed by atoms with Gasteiger partial charge in [0.15, 0.2) is 0 Å². The minimum absolute atomic E-state index is 0.00947. The third-order valence-electron chi connectivity index (χ3n) is 7.21. The topological polar surface area (TPSA) is 137 Å². The number of esters is 1. The van der Waals surface area contributed by atoms with E-state index >= 15 is 0 Å². The molecule has 0 bridgehead atoms. The number of carboxylic acid groups (broad SMARTS) is 1. The molecule has 0 spiro atoms. The quantitative estimate of drug-likeness (QED) is 0.223. The number of carbonyl (C=O) groups excluding carboxylic acids is 1. The van der Waals surface area contributed by atoms with Gasteiger partial charge in [0, 0.05) is 35.1 Å². The van der Waals surface area contributed by atoms with E-state index in [9.17, 15) is 30.0 Å². The van der Waals surface area contributed by atoms with Crippen LogP contribution in [0.5, 0.6) is 0 Å². The maximum atomic E-state index is 12.6. The first-order valence-electron chi connectivity index (χ1n) is 13.3. The summed E-state index contributed by atoms with van der Waals surface area (Å²) in [5.41, 5.74) is 1.14. The normalized spacial score (nSPS) is 30.1. The van der Waals surface area contributed by atoms with Crippen LogP contribution >= 0.6 is 0 Å². The lowest BCUT2D eigenvalue weighted by molar-refractivity contribution is -0.151. The Morgan fingerprint density at radius 3 is 2.61 bits per heavy atom. The second-order valence-electron chi connectivity index (χ2n) is 10.8. The molecule has 38 heavy (non-hydrogen) atoms. The van der Waals surface area contributed by atoms with E-state index in [-0.39, 0.29) is 50.0 Å². The maximum absolute atomic E-state index is 12.6. The van der Waals surface area contributed by atoms with Crippen molar-refractivity contribution < 1.29 is 34.8 Å². The van der Waals surface area contributed by atoms with Crippen LogP contribution < -0.4 is 0 Å². The highest BCUT2D eigenvalue weighted by Gasteiger charge is 2.34. The van der Waals surface area contributed by atoms with Gasteiger partial charge < -0.3 is 25.2 Å². The summed E-state index contributed by atoms with van der Waals surface area (Å²) in [6.07, 6.45) is 7.43. The van der Waals surface area contributed by atoms with Crippen molar-refractivity contribution in [2.75, 3.05) is 6.61 Å². The van der Waals surface area contributed by atoms with Gasteiger partial charge >= 0.3 is 11.9 Å². The number of aromatic nitrogens is 1. The fourth-order valence-corrected chi connectivity index (χ4v) is 4.49. The number of allylic oxidation sites excluding steroid dienone is 3. The van der Waals surface area contributed by atoms with Crippen LogP contribution in [0, 0.1) is 11.8 Å². The molecular weight excluding hydrogens is 486 g/mol. The first-order chi connectivity index (χ1) is 17.8. The summed E-state index contributed by atoms with van der Waals surface area (Å²) in [6, 6.07) is 5.76. The van der Waals surface area contributed by atoms with Crippen molar-refractivity contribution in [3.8, 4) is 0 Å². The number of hydrogen-bond donors (Lipinski definition) is 4.